The van der Waals surface area contributed by atoms with Crippen molar-refractivity contribution in [3.05, 3.63) is 30.1 Å². The van der Waals surface area contributed by atoms with Crippen molar-refractivity contribution in [2.45, 2.75) is 18.8 Å². The SMILES string of the molecule is FC1(F)CC1Cc1cccnc1. The first kappa shape index (κ1) is 7.65. The van der Waals surface area contributed by atoms with Crippen molar-refractivity contribution in [1.82, 2.24) is 4.98 Å². The van der Waals surface area contributed by atoms with Gasteiger partial charge < -0.3 is 0 Å². The van der Waals surface area contributed by atoms with Crippen molar-refractivity contribution >= 4 is 0 Å². The zero-order valence-electron chi connectivity index (χ0n) is 6.50. The Labute approximate surface area is 69.4 Å². The summed E-state index contributed by atoms with van der Waals surface area (Å²) < 4.78 is 24.9. The number of hydrogen-bond acceptors (Lipinski definition) is 1. The van der Waals surface area contributed by atoms with E-state index in [1.54, 1.807) is 18.5 Å². The molecule has 1 aromatic heterocycles. The van der Waals surface area contributed by atoms with Gasteiger partial charge >= 0.3 is 0 Å². The first-order chi connectivity index (χ1) is 5.68. The molecular formula is C9H9F2N. The van der Waals surface area contributed by atoms with Crippen LogP contribution >= 0.6 is 0 Å². The molecular weight excluding hydrogens is 160 g/mol. The number of pyridine rings is 1. The quantitative estimate of drug-likeness (QED) is 0.661. The molecule has 0 aromatic carbocycles. The Kier molecular flexibility index (Phi) is 1.60. The zero-order chi connectivity index (χ0) is 8.60. The lowest BCUT2D eigenvalue weighted by atomic mass is 10.1. The van der Waals surface area contributed by atoms with Gasteiger partial charge in [-0.3, -0.25) is 4.98 Å². The number of alkyl halides is 2. The molecule has 0 saturated heterocycles. The lowest BCUT2D eigenvalue weighted by Gasteiger charge is -1.97. The Bertz CT molecular complexity index is 271. The van der Waals surface area contributed by atoms with Gasteiger partial charge in [0, 0.05) is 24.7 Å². The molecule has 1 aliphatic rings. The lowest BCUT2D eigenvalue weighted by molar-refractivity contribution is 0.0989. The summed E-state index contributed by atoms with van der Waals surface area (Å²) in [6.45, 7) is 0. The Morgan fingerprint density at radius 2 is 2.33 bits per heavy atom. The van der Waals surface area contributed by atoms with E-state index < -0.39 is 11.8 Å². The maximum atomic E-state index is 12.5. The molecule has 1 saturated carbocycles. The Morgan fingerprint density at radius 3 is 2.83 bits per heavy atom. The summed E-state index contributed by atoms with van der Waals surface area (Å²) in [5.41, 5.74) is 0.902. The number of rotatable bonds is 2. The summed E-state index contributed by atoms with van der Waals surface area (Å²) in [5.74, 6) is -2.85. The summed E-state index contributed by atoms with van der Waals surface area (Å²) in [6.07, 6.45) is 3.80. The first-order valence-corrected chi connectivity index (χ1v) is 3.95. The molecule has 0 N–H and O–H groups in total. The van der Waals surface area contributed by atoms with Crippen LogP contribution in [0.1, 0.15) is 12.0 Å². The topological polar surface area (TPSA) is 12.9 Å². The van der Waals surface area contributed by atoms with E-state index in [-0.39, 0.29) is 6.42 Å². The molecule has 1 heterocycles. The van der Waals surface area contributed by atoms with Gasteiger partial charge in [-0.05, 0) is 18.1 Å². The van der Waals surface area contributed by atoms with Crippen LogP contribution in [0.3, 0.4) is 0 Å². The normalized spacial score (nSPS) is 25.3. The molecule has 0 amide bonds. The fourth-order valence-corrected chi connectivity index (χ4v) is 1.29. The van der Waals surface area contributed by atoms with Gasteiger partial charge in [-0.2, -0.15) is 0 Å². The van der Waals surface area contributed by atoms with Crippen LogP contribution in [0.5, 0.6) is 0 Å². The second-order valence-electron chi connectivity index (χ2n) is 3.23. The number of nitrogens with zero attached hydrogens (tertiary/aromatic N) is 1. The molecule has 1 aromatic rings. The fourth-order valence-electron chi connectivity index (χ4n) is 1.29. The van der Waals surface area contributed by atoms with Crippen LogP contribution in [0.15, 0.2) is 24.5 Å². The van der Waals surface area contributed by atoms with Gasteiger partial charge in [-0.1, -0.05) is 6.07 Å². The maximum absolute atomic E-state index is 12.5. The van der Waals surface area contributed by atoms with Crippen molar-refractivity contribution in [2.24, 2.45) is 5.92 Å². The third-order valence-corrected chi connectivity index (χ3v) is 2.16. The van der Waals surface area contributed by atoms with Gasteiger partial charge in [0.05, 0.1) is 0 Å². The summed E-state index contributed by atoms with van der Waals surface area (Å²) in [4.78, 5) is 3.87. The molecule has 2 rings (SSSR count). The van der Waals surface area contributed by atoms with Gasteiger partial charge in [0.15, 0.2) is 0 Å². The van der Waals surface area contributed by atoms with Crippen LogP contribution in [0, 0.1) is 5.92 Å². The van der Waals surface area contributed by atoms with Crippen LogP contribution in [0.2, 0.25) is 0 Å². The molecule has 64 valence electrons. The Morgan fingerprint density at radius 1 is 1.58 bits per heavy atom. The van der Waals surface area contributed by atoms with Crippen molar-refractivity contribution in [3.63, 3.8) is 0 Å². The van der Waals surface area contributed by atoms with Crippen LogP contribution < -0.4 is 0 Å². The van der Waals surface area contributed by atoms with Gasteiger partial charge in [0.1, 0.15) is 0 Å². The van der Waals surface area contributed by atoms with E-state index in [9.17, 15) is 8.78 Å². The molecule has 0 spiro atoms. The maximum Gasteiger partial charge on any atom is 0.251 e. The van der Waals surface area contributed by atoms with Gasteiger partial charge in [0.25, 0.3) is 5.92 Å². The molecule has 1 fully saturated rings. The van der Waals surface area contributed by atoms with Crippen molar-refractivity contribution in [3.8, 4) is 0 Å². The molecule has 0 radical (unpaired) electrons. The highest BCUT2D eigenvalue weighted by atomic mass is 19.3. The highest BCUT2D eigenvalue weighted by molar-refractivity contribution is 5.13. The molecule has 0 aliphatic heterocycles. The molecule has 12 heavy (non-hydrogen) atoms. The summed E-state index contributed by atoms with van der Waals surface area (Å²) >= 11 is 0. The van der Waals surface area contributed by atoms with E-state index in [0.717, 1.165) is 5.56 Å². The molecule has 3 heteroatoms. The van der Waals surface area contributed by atoms with E-state index >= 15 is 0 Å². The Balaban J connectivity index is 1.98. The zero-order valence-corrected chi connectivity index (χ0v) is 6.50. The van der Waals surface area contributed by atoms with Crippen LogP contribution in [-0.4, -0.2) is 10.9 Å². The number of hydrogen-bond donors (Lipinski definition) is 0. The second kappa shape index (κ2) is 2.51. The number of halogens is 2. The fraction of sp³-hybridized carbons (Fsp3) is 0.444. The van der Waals surface area contributed by atoms with E-state index in [4.69, 9.17) is 0 Å². The minimum atomic E-state index is -2.41. The third-order valence-electron chi connectivity index (χ3n) is 2.16. The van der Waals surface area contributed by atoms with Crippen LogP contribution in [0.25, 0.3) is 0 Å². The predicted octanol–water partition coefficient (Wildman–Crippen LogP) is 2.28. The smallest absolute Gasteiger partial charge is 0.251 e. The lowest BCUT2D eigenvalue weighted by Crippen LogP contribution is -1.97. The van der Waals surface area contributed by atoms with Crippen molar-refractivity contribution in [2.75, 3.05) is 0 Å². The number of aromatic nitrogens is 1. The largest absolute Gasteiger partial charge is 0.264 e. The van der Waals surface area contributed by atoms with E-state index in [2.05, 4.69) is 4.98 Å². The standard InChI is InChI=1S/C9H9F2N/c10-9(11)5-8(9)4-7-2-1-3-12-6-7/h1-3,6,8H,4-5H2. The van der Waals surface area contributed by atoms with Gasteiger partial charge in [0.2, 0.25) is 0 Å². The van der Waals surface area contributed by atoms with E-state index in [1.807, 2.05) is 6.07 Å². The second-order valence-corrected chi connectivity index (χ2v) is 3.23. The van der Waals surface area contributed by atoms with Crippen LogP contribution in [-0.2, 0) is 6.42 Å². The average molecular weight is 169 g/mol. The molecule has 1 nitrogen and oxygen atoms in total. The minimum absolute atomic E-state index is 0.0435. The van der Waals surface area contributed by atoms with Crippen molar-refractivity contribution < 1.29 is 8.78 Å². The monoisotopic (exact) mass is 169 g/mol. The van der Waals surface area contributed by atoms with Gasteiger partial charge in [-0.25, -0.2) is 8.78 Å². The van der Waals surface area contributed by atoms with Crippen LogP contribution in [0.4, 0.5) is 8.78 Å². The summed E-state index contributed by atoms with van der Waals surface area (Å²) in [6, 6.07) is 3.61. The van der Waals surface area contributed by atoms with Gasteiger partial charge in [-0.15, -0.1) is 0 Å². The molecule has 0 bridgehead atoms. The third kappa shape index (κ3) is 1.44. The molecule has 1 atom stereocenters. The van der Waals surface area contributed by atoms with Crippen molar-refractivity contribution in [1.29, 1.82) is 0 Å². The summed E-state index contributed by atoms with van der Waals surface area (Å²) in [7, 11) is 0. The summed E-state index contributed by atoms with van der Waals surface area (Å²) in [5, 5.41) is 0. The highest BCUT2D eigenvalue weighted by Crippen LogP contribution is 2.50. The average Bonchev–Trinajstić information content (AvgIpc) is 2.61. The van der Waals surface area contributed by atoms with E-state index in [1.165, 1.54) is 0 Å². The highest BCUT2D eigenvalue weighted by Gasteiger charge is 2.56. The van der Waals surface area contributed by atoms with E-state index in [0.29, 0.717) is 6.42 Å². The Hall–Kier alpha value is -0.990. The first-order valence-electron chi connectivity index (χ1n) is 3.95. The minimum Gasteiger partial charge on any atom is -0.264 e. The molecule has 1 aliphatic carbocycles. The predicted molar refractivity (Wildman–Crippen MR) is 41.0 cm³/mol. The molecule has 1 unspecified atom stereocenters.